The monoisotopic (exact) mass is 232 g/mol. The van der Waals surface area contributed by atoms with Gasteiger partial charge in [0.05, 0.1) is 0 Å². The maximum Gasteiger partial charge on any atom is 0.0217 e. The number of nitrogens with zero attached hydrogens (tertiary/aromatic N) is 1. The Bertz CT molecular complexity index is 302. The molecule has 1 fully saturated rings. The van der Waals surface area contributed by atoms with Crippen LogP contribution in [0.5, 0.6) is 0 Å². The molecule has 2 rings (SSSR count). The average molecular weight is 232 g/mol. The van der Waals surface area contributed by atoms with Gasteiger partial charge < -0.3 is 10.2 Å². The molecule has 0 aromatic heterocycles. The molecule has 1 heterocycles. The van der Waals surface area contributed by atoms with Gasteiger partial charge in [-0.15, -0.1) is 0 Å². The summed E-state index contributed by atoms with van der Waals surface area (Å²) < 4.78 is 0. The lowest BCUT2D eigenvalue weighted by Gasteiger charge is -2.27. The minimum absolute atomic E-state index is 0.723. The molecule has 94 valence electrons. The Labute approximate surface area is 105 Å². The first-order valence-electron chi connectivity index (χ1n) is 6.81. The van der Waals surface area contributed by atoms with Crippen LogP contribution in [0.15, 0.2) is 30.3 Å². The molecule has 2 heteroatoms. The van der Waals surface area contributed by atoms with Crippen molar-refractivity contribution in [1.82, 2.24) is 10.2 Å². The molecule has 1 aliphatic rings. The van der Waals surface area contributed by atoms with Crippen LogP contribution >= 0.6 is 0 Å². The molecule has 1 saturated heterocycles. The zero-order valence-electron chi connectivity index (χ0n) is 10.9. The summed E-state index contributed by atoms with van der Waals surface area (Å²) in [5.74, 6) is 0. The highest BCUT2D eigenvalue weighted by Crippen LogP contribution is 2.10. The van der Waals surface area contributed by atoms with Gasteiger partial charge in [0.15, 0.2) is 0 Å². The number of rotatable bonds is 4. The first-order chi connectivity index (χ1) is 8.36. The fourth-order valence-electron chi connectivity index (χ4n) is 2.51. The van der Waals surface area contributed by atoms with Crippen molar-refractivity contribution < 1.29 is 0 Å². The van der Waals surface area contributed by atoms with Crippen molar-refractivity contribution in [2.45, 2.75) is 31.7 Å². The van der Waals surface area contributed by atoms with Crippen LogP contribution in [0, 0.1) is 0 Å². The summed E-state index contributed by atoms with van der Waals surface area (Å²) in [5.41, 5.74) is 1.45. The summed E-state index contributed by atoms with van der Waals surface area (Å²) in [6, 6.07) is 11.5. The van der Waals surface area contributed by atoms with E-state index in [0.717, 1.165) is 25.6 Å². The number of hydrogen-bond donors (Lipinski definition) is 1. The Morgan fingerprint density at radius 3 is 2.88 bits per heavy atom. The lowest BCUT2D eigenvalue weighted by atomic mass is 10.1. The van der Waals surface area contributed by atoms with E-state index < -0.39 is 0 Å². The van der Waals surface area contributed by atoms with Gasteiger partial charge >= 0.3 is 0 Å². The van der Waals surface area contributed by atoms with Crippen molar-refractivity contribution in [3.8, 4) is 0 Å². The SMILES string of the molecule is CN(CCc1ccccc1)C1CCCCNC1. The molecule has 1 N–H and O–H groups in total. The van der Waals surface area contributed by atoms with Crippen LogP contribution in [0.2, 0.25) is 0 Å². The Morgan fingerprint density at radius 1 is 1.24 bits per heavy atom. The molecular formula is C15H24N2. The molecule has 1 aromatic rings. The third-order valence-corrected chi connectivity index (χ3v) is 3.74. The van der Waals surface area contributed by atoms with E-state index in [1.165, 1.54) is 31.4 Å². The van der Waals surface area contributed by atoms with Crippen LogP contribution in [-0.2, 0) is 6.42 Å². The van der Waals surface area contributed by atoms with Gasteiger partial charge in [-0.1, -0.05) is 36.8 Å². The van der Waals surface area contributed by atoms with E-state index in [1.54, 1.807) is 0 Å². The molecular weight excluding hydrogens is 208 g/mol. The standard InChI is InChI=1S/C15H24N2/c1-17(15-9-5-6-11-16-13-15)12-10-14-7-3-2-4-8-14/h2-4,7-8,15-16H,5-6,9-13H2,1H3. The summed E-state index contributed by atoms with van der Waals surface area (Å²) in [6.45, 7) is 3.52. The van der Waals surface area contributed by atoms with Gasteiger partial charge in [-0.25, -0.2) is 0 Å². The van der Waals surface area contributed by atoms with Crippen molar-refractivity contribution in [3.63, 3.8) is 0 Å². The summed E-state index contributed by atoms with van der Waals surface area (Å²) in [7, 11) is 2.26. The highest BCUT2D eigenvalue weighted by atomic mass is 15.1. The fraction of sp³-hybridized carbons (Fsp3) is 0.600. The molecule has 1 aliphatic heterocycles. The minimum Gasteiger partial charge on any atom is -0.315 e. The number of hydrogen-bond acceptors (Lipinski definition) is 2. The molecule has 1 aromatic carbocycles. The maximum absolute atomic E-state index is 3.53. The minimum atomic E-state index is 0.723. The first-order valence-corrected chi connectivity index (χ1v) is 6.81. The van der Waals surface area contributed by atoms with Gasteiger partial charge in [-0.05, 0) is 38.4 Å². The second-order valence-corrected chi connectivity index (χ2v) is 5.07. The van der Waals surface area contributed by atoms with Crippen molar-refractivity contribution >= 4 is 0 Å². The predicted octanol–water partition coefficient (Wildman–Crippen LogP) is 2.30. The van der Waals surface area contributed by atoms with E-state index in [9.17, 15) is 0 Å². The molecule has 17 heavy (non-hydrogen) atoms. The summed E-state index contributed by atoms with van der Waals surface area (Å²) in [6.07, 6.45) is 5.21. The smallest absolute Gasteiger partial charge is 0.0217 e. The van der Waals surface area contributed by atoms with E-state index in [0.29, 0.717) is 0 Å². The summed E-state index contributed by atoms with van der Waals surface area (Å²) >= 11 is 0. The topological polar surface area (TPSA) is 15.3 Å². The Kier molecular flexibility index (Phi) is 5.02. The maximum atomic E-state index is 3.53. The van der Waals surface area contributed by atoms with E-state index in [4.69, 9.17) is 0 Å². The van der Waals surface area contributed by atoms with Crippen molar-refractivity contribution in [1.29, 1.82) is 0 Å². The van der Waals surface area contributed by atoms with Gasteiger partial charge in [0.25, 0.3) is 0 Å². The first kappa shape index (κ1) is 12.6. The fourth-order valence-corrected chi connectivity index (χ4v) is 2.51. The van der Waals surface area contributed by atoms with Crippen molar-refractivity contribution in [2.75, 3.05) is 26.7 Å². The van der Waals surface area contributed by atoms with Crippen LogP contribution in [0.3, 0.4) is 0 Å². The molecule has 0 radical (unpaired) electrons. The summed E-state index contributed by atoms with van der Waals surface area (Å²) in [4.78, 5) is 2.52. The molecule has 1 unspecified atom stereocenters. The van der Waals surface area contributed by atoms with E-state index in [1.807, 2.05) is 0 Å². The second-order valence-electron chi connectivity index (χ2n) is 5.07. The molecule has 0 amide bonds. The van der Waals surface area contributed by atoms with Crippen LogP contribution < -0.4 is 5.32 Å². The Hall–Kier alpha value is -0.860. The van der Waals surface area contributed by atoms with E-state index in [-0.39, 0.29) is 0 Å². The highest BCUT2D eigenvalue weighted by Gasteiger charge is 2.15. The predicted molar refractivity (Wildman–Crippen MR) is 73.3 cm³/mol. The zero-order chi connectivity index (χ0) is 11.9. The summed E-state index contributed by atoms with van der Waals surface area (Å²) in [5, 5.41) is 3.53. The number of benzene rings is 1. The number of likely N-dealkylation sites (N-methyl/N-ethyl adjacent to an activating group) is 1. The van der Waals surface area contributed by atoms with Gasteiger partial charge in [0.1, 0.15) is 0 Å². The Morgan fingerprint density at radius 2 is 2.06 bits per heavy atom. The molecule has 0 saturated carbocycles. The van der Waals surface area contributed by atoms with Gasteiger partial charge in [0, 0.05) is 19.1 Å². The lowest BCUT2D eigenvalue weighted by Crippen LogP contribution is -2.39. The Balaban J connectivity index is 1.78. The van der Waals surface area contributed by atoms with E-state index in [2.05, 4.69) is 47.6 Å². The zero-order valence-corrected chi connectivity index (χ0v) is 10.9. The van der Waals surface area contributed by atoms with Crippen LogP contribution in [0.4, 0.5) is 0 Å². The number of nitrogens with one attached hydrogen (secondary N) is 1. The second kappa shape index (κ2) is 6.77. The molecule has 0 aliphatic carbocycles. The molecule has 2 nitrogen and oxygen atoms in total. The normalized spacial score (nSPS) is 21.4. The van der Waals surface area contributed by atoms with Gasteiger partial charge in [-0.3, -0.25) is 0 Å². The quantitative estimate of drug-likeness (QED) is 0.857. The van der Waals surface area contributed by atoms with Crippen LogP contribution in [0.25, 0.3) is 0 Å². The van der Waals surface area contributed by atoms with E-state index >= 15 is 0 Å². The van der Waals surface area contributed by atoms with Crippen molar-refractivity contribution in [3.05, 3.63) is 35.9 Å². The van der Waals surface area contributed by atoms with Crippen LogP contribution in [0.1, 0.15) is 24.8 Å². The third kappa shape index (κ3) is 4.14. The average Bonchev–Trinajstić information content (AvgIpc) is 2.66. The molecule has 0 bridgehead atoms. The molecule has 0 spiro atoms. The highest BCUT2D eigenvalue weighted by molar-refractivity contribution is 5.14. The van der Waals surface area contributed by atoms with Gasteiger partial charge in [0.2, 0.25) is 0 Å². The third-order valence-electron chi connectivity index (χ3n) is 3.74. The lowest BCUT2D eigenvalue weighted by molar-refractivity contribution is 0.233. The van der Waals surface area contributed by atoms with Crippen molar-refractivity contribution in [2.24, 2.45) is 0 Å². The largest absolute Gasteiger partial charge is 0.315 e. The molecule has 1 atom stereocenters. The van der Waals surface area contributed by atoms with Crippen LogP contribution in [-0.4, -0.2) is 37.6 Å². The van der Waals surface area contributed by atoms with Gasteiger partial charge in [-0.2, -0.15) is 0 Å².